The minimum absolute atomic E-state index is 0.0111. The molecular formula is C23H28O10. The Morgan fingerprint density at radius 2 is 1.03 bits per heavy atom. The lowest BCUT2D eigenvalue weighted by Crippen LogP contribution is -2.18. The van der Waals surface area contributed by atoms with E-state index in [1.807, 2.05) is 0 Å². The van der Waals surface area contributed by atoms with Crippen molar-refractivity contribution in [2.75, 3.05) is 52.9 Å². The topological polar surface area (TPSA) is 149 Å². The van der Waals surface area contributed by atoms with Gasteiger partial charge in [-0.05, 0) is 24.3 Å². The number of rotatable bonds is 13. The number of carboxylic acids is 1. The SMILES string of the molecule is O=C(O)c1ccccc1.O=C(OCCOCCO)c1ccccc1C(=O)OCCOCCO. The van der Waals surface area contributed by atoms with Gasteiger partial charge in [-0.1, -0.05) is 30.3 Å². The summed E-state index contributed by atoms with van der Waals surface area (Å²) >= 11 is 0. The van der Waals surface area contributed by atoms with Crippen LogP contribution in [0.1, 0.15) is 31.1 Å². The van der Waals surface area contributed by atoms with Crippen molar-refractivity contribution < 1.29 is 48.7 Å². The molecule has 0 saturated heterocycles. The molecule has 0 aliphatic heterocycles. The second-order valence-corrected chi connectivity index (χ2v) is 6.16. The molecule has 10 heteroatoms. The molecule has 0 spiro atoms. The predicted molar refractivity (Wildman–Crippen MR) is 116 cm³/mol. The molecule has 2 aromatic rings. The molecule has 2 aromatic carbocycles. The van der Waals surface area contributed by atoms with Crippen molar-refractivity contribution in [3.8, 4) is 0 Å². The highest BCUT2D eigenvalue weighted by Crippen LogP contribution is 2.12. The zero-order valence-corrected chi connectivity index (χ0v) is 18.1. The molecule has 0 radical (unpaired) electrons. The van der Waals surface area contributed by atoms with Gasteiger partial charge in [-0.25, -0.2) is 14.4 Å². The van der Waals surface area contributed by atoms with Crippen molar-refractivity contribution >= 4 is 17.9 Å². The van der Waals surface area contributed by atoms with E-state index in [2.05, 4.69) is 0 Å². The average molecular weight is 464 g/mol. The molecule has 0 fully saturated rings. The summed E-state index contributed by atoms with van der Waals surface area (Å²) in [5.41, 5.74) is 0.527. The molecule has 3 N–H and O–H groups in total. The number of esters is 2. The van der Waals surface area contributed by atoms with Gasteiger partial charge in [0.25, 0.3) is 0 Å². The van der Waals surface area contributed by atoms with E-state index < -0.39 is 17.9 Å². The highest BCUT2D eigenvalue weighted by atomic mass is 16.6. The van der Waals surface area contributed by atoms with Crippen molar-refractivity contribution in [2.24, 2.45) is 0 Å². The van der Waals surface area contributed by atoms with Gasteiger partial charge < -0.3 is 34.3 Å². The smallest absolute Gasteiger partial charge is 0.339 e. The zero-order chi connectivity index (χ0) is 24.3. The van der Waals surface area contributed by atoms with E-state index in [1.165, 1.54) is 12.1 Å². The maximum Gasteiger partial charge on any atom is 0.339 e. The molecule has 33 heavy (non-hydrogen) atoms. The Balaban J connectivity index is 0.000000502. The molecule has 180 valence electrons. The van der Waals surface area contributed by atoms with Crippen LogP contribution in [0.25, 0.3) is 0 Å². The third-order valence-electron chi connectivity index (χ3n) is 3.78. The van der Waals surface area contributed by atoms with E-state index in [1.54, 1.807) is 42.5 Å². The first-order chi connectivity index (χ1) is 16.0. The molecule has 0 saturated carbocycles. The Labute approximate surface area is 191 Å². The standard InChI is InChI=1S/C16H22O8.C7H6O2/c17-5-7-21-9-11-23-15(19)13-3-1-2-4-14(13)16(20)24-12-10-22-8-6-18;8-7(9)6-4-2-1-3-5-6/h1-4,17-18H,5-12H2;1-5H,(H,8,9). The first-order valence-electron chi connectivity index (χ1n) is 10.1. The molecule has 0 aromatic heterocycles. The number of aliphatic hydroxyl groups is 2. The number of hydrogen-bond donors (Lipinski definition) is 3. The summed E-state index contributed by atoms with van der Waals surface area (Å²) in [5.74, 6) is -2.20. The largest absolute Gasteiger partial charge is 0.478 e. The van der Waals surface area contributed by atoms with Crippen LogP contribution in [0.2, 0.25) is 0 Å². The number of aromatic carboxylic acids is 1. The third-order valence-corrected chi connectivity index (χ3v) is 3.78. The van der Waals surface area contributed by atoms with Crippen LogP contribution in [-0.2, 0) is 18.9 Å². The fourth-order valence-corrected chi connectivity index (χ4v) is 2.30. The lowest BCUT2D eigenvalue weighted by molar-refractivity contribution is 0.0224. The van der Waals surface area contributed by atoms with Crippen LogP contribution in [0.3, 0.4) is 0 Å². The summed E-state index contributed by atoms with van der Waals surface area (Å²) in [6.07, 6.45) is 0. The Bertz CT molecular complexity index is 793. The monoisotopic (exact) mass is 464 g/mol. The fourth-order valence-electron chi connectivity index (χ4n) is 2.30. The van der Waals surface area contributed by atoms with Gasteiger partial charge in [0, 0.05) is 0 Å². The van der Waals surface area contributed by atoms with Crippen LogP contribution in [0.15, 0.2) is 54.6 Å². The van der Waals surface area contributed by atoms with Crippen molar-refractivity contribution in [1.29, 1.82) is 0 Å². The quantitative estimate of drug-likeness (QED) is 0.293. The van der Waals surface area contributed by atoms with Crippen LogP contribution < -0.4 is 0 Å². The molecule has 2 rings (SSSR count). The number of aliphatic hydroxyl groups excluding tert-OH is 2. The number of benzene rings is 2. The molecule has 0 aliphatic rings. The van der Waals surface area contributed by atoms with Gasteiger partial charge in [-0.3, -0.25) is 0 Å². The molecule has 0 atom stereocenters. The summed E-state index contributed by atoms with van der Waals surface area (Å²) in [4.78, 5) is 34.3. The Hall–Kier alpha value is -3.31. The Morgan fingerprint density at radius 1 is 0.606 bits per heavy atom. The van der Waals surface area contributed by atoms with Gasteiger partial charge in [0.2, 0.25) is 0 Å². The van der Waals surface area contributed by atoms with E-state index >= 15 is 0 Å². The molecule has 0 aliphatic carbocycles. The van der Waals surface area contributed by atoms with Crippen LogP contribution in [0.5, 0.6) is 0 Å². The number of ether oxygens (including phenoxy) is 4. The second-order valence-electron chi connectivity index (χ2n) is 6.16. The minimum atomic E-state index is -0.879. The van der Waals surface area contributed by atoms with Crippen LogP contribution in [-0.4, -0.2) is 86.1 Å². The summed E-state index contributed by atoms with van der Waals surface area (Å²) in [7, 11) is 0. The van der Waals surface area contributed by atoms with E-state index in [0.717, 1.165) is 0 Å². The molecule has 0 amide bonds. The Kier molecular flexibility index (Phi) is 14.5. The number of carbonyl (C=O) groups is 3. The molecule has 0 bridgehead atoms. The molecule has 0 heterocycles. The van der Waals surface area contributed by atoms with Gasteiger partial charge >= 0.3 is 17.9 Å². The Morgan fingerprint density at radius 3 is 1.39 bits per heavy atom. The van der Waals surface area contributed by atoms with Crippen LogP contribution >= 0.6 is 0 Å². The number of carbonyl (C=O) groups excluding carboxylic acids is 2. The van der Waals surface area contributed by atoms with E-state index in [9.17, 15) is 14.4 Å². The van der Waals surface area contributed by atoms with E-state index in [-0.39, 0.29) is 64.0 Å². The van der Waals surface area contributed by atoms with Crippen molar-refractivity contribution in [3.63, 3.8) is 0 Å². The first-order valence-corrected chi connectivity index (χ1v) is 10.1. The maximum absolute atomic E-state index is 12.0. The normalized spacial score (nSPS) is 10.0. The highest BCUT2D eigenvalue weighted by molar-refractivity contribution is 6.03. The van der Waals surface area contributed by atoms with Crippen molar-refractivity contribution in [3.05, 3.63) is 71.3 Å². The summed E-state index contributed by atoms with van der Waals surface area (Å²) in [6.45, 7) is 0.448. The number of hydrogen-bond acceptors (Lipinski definition) is 9. The van der Waals surface area contributed by atoms with Crippen LogP contribution in [0, 0.1) is 0 Å². The predicted octanol–water partition coefficient (Wildman–Crippen LogP) is 1.40. The third kappa shape index (κ3) is 11.8. The van der Waals surface area contributed by atoms with Gasteiger partial charge in [0.15, 0.2) is 0 Å². The van der Waals surface area contributed by atoms with Gasteiger partial charge in [0.05, 0.1) is 56.3 Å². The maximum atomic E-state index is 12.0. The highest BCUT2D eigenvalue weighted by Gasteiger charge is 2.18. The zero-order valence-electron chi connectivity index (χ0n) is 18.1. The lowest BCUT2D eigenvalue weighted by atomic mass is 10.1. The minimum Gasteiger partial charge on any atom is -0.478 e. The summed E-state index contributed by atoms with van der Waals surface area (Å²) < 4.78 is 20.0. The van der Waals surface area contributed by atoms with Crippen molar-refractivity contribution in [1.82, 2.24) is 0 Å². The average Bonchev–Trinajstić information content (AvgIpc) is 2.84. The van der Waals surface area contributed by atoms with Gasteiger partial charge in [0.1, 0.15) is 13.2 Å². The van der Waals surface area contributed by atoms with E-state index in [4.69, 9.17) is 34.3 Å². The summed E-state index contributed by atoms with van der Waals surface area (Å²) in [5, 5.41) is 25.5. The number of carboxylic acid groups (broad SMARTS) is 1. The van der Waals surface area contributed by atoms with E-state index in [0.29, 0.717) is 5.56 Å². The second kappa shape index (κ2) is 17.3. The van der Waals surface area contributed by atoms with Crippen molar-refractivity contribution in [2.45, 2.75) is 0 Å². The van der Waals surface area contributed by atoms with Crippen LogP contribution in [0.4, 0.5) is 0 Å². The molecular weight excluding hydrogens is 436 g/mol. The molecule has 10 nitrogen and oxygen atoms in total. The summed E-state index contributed by atoms with van der Waals surface area (Å²) in [6, 6.07) is 14.5. The fraction of sp³-hybridized carbons (Fsp3) is 0.348. The first kappa shape index (κ1) is 27.7. The lowest BCUT2D eigenvalue weighted by Gasteiger charge is -2.10. The van der Waals surface area contributed by atoms with Gasteiger partial charge in [-0.2, -0.15) is 0 Å². The van der Waals surface area contributed by atoms with Gasteiger partial charge in [-0.15, -0.1) is 0 Å². The molecule has 0 unspecified atom stereocenters.